The van der Waals surface area contributed by atoms with E-state index < -0.39 is 5.60 Å². The molecule has 0 aromatic rings. The van der Waals surface area contributed by atoms with Crippen LogP contribution >= 0.6 is 0 Å². The minimum atomic E-state index is -0.562. The molecule has 0 spiro atoms. The molecule has 0 heterocycles. The second kappa shape index (κ2) is 5.59. The van der Waals surface area contributed by atoms with E-state index in [-0.39, 0.29) is 27.7 Å². The molecule has 0 aliphatic heterocycles. The lowest BCUT2D eigenvalue weighted by atomic mass is 9.79. The van der Waals surface area contributed by atoms with Gasteiger partial charge in [-0.3, -0.25) is 0 Å². The Morgan fingerprint density at radius 1 is 0.727 bits per heavy atom. The summed E-state index contributed by atoms with van der Waals surface area (Å²) in [6, 6.07) is 0. The highest BCUT2D eigenvalue weighted by Crippen LogP contribution is 2.28. The van der Waals surface area contributed by atoms with Crippen LogP contribution in [0.25, 0.3) is 0 Å². The fraction of sp³-hybridized carbons (Fsp3) is 1.00. The summed E-state index contributed by atoms with van der Waals surface area (Å²) in [5.74, 6) is 0. The monoisotopic (exact) mass is 164 g/mol. The van der Waals surface area contributed by atoms with Gasteiger partial charge in [0.15, 0.2) is 0 Å². The Labute approximate surface area is 73.8 Å². The molecule has 0 aliphatic rings. The van der Waals surface area contributed by atoms with E-state index in [9.17, 15) is 5.11 Å². The summed E-state index contributed by atoms with van der Waals surface area (Å²) in [6.45, 7) is 9.72. The van der Waals surface area contributed by atoms with Gasteiger partial charge < -0.3 is 5.11 Å². The molecule has 0 radical (unpaired) electrons. The van der Waals surface area contributed by atoms with Crippen LogP contribution in [-0.4, -0.2) is 10.7 Å². The van der Waals surface area contributed by atoms with Gasteiger partial charge in [0.1, 0.15) is 0 Å². The minimum absolute atomic E-state index is 0. The number of hydrogen-bond acceptors (Lipinski definition) is 1. The van der Waals surface area contributed by atoms with Crippen molar-refractivity contribution in [2.45, 2.75) is 62.5 Å². The quantitative estimate of drug-likeness (QED) is 0.578. The lowest BCUT2D eigenvalue weighted by molar-refractivity contribution is -0.0238. The summed E-state index contributed by atoms with van der Waals surface area (Å²) in [6.07, 6.45) is 0. The highest BCUT2D eigenvalue weighted by molar-refractivity contribution is 4.80. The second-order valence-corrected chi connectivity index (χ2v) is 3.81. The molecule has 0 aromatic heterocycles. The Morgan fingerprint density at radius 3 is 0.818 bits per heavy atom. The molecule has 1 nitrogen and oxygen atoms in total. The van der Waals surface area contributed by atoms with E-state index in [0.717, 1.165) is 0 Å². The van der Waals surface area contributed by atoms with Crippen LogP contribution in [0.4, 0.5) is 0 Å². The maximum atomic E-state index is 9.35. The molecule has 0 aromatic carbocycles. The van der Waals surface area contributed by atoms with E-state index in [0.29, 0.717) is 0 Å². The van der Waals surface area contributed by atoms with Crippen LogP contribution in [-0.2, 0) is 0 Å². The van der Waals surface area contributed by atoms with Crippen molar-refractivity contribution >= 4 is 0 Å². The first-order valence-corrected chi connectivity index (χ1v) is 2.97. The van der Waals surface area contributed by atoms with Gasteiger partial charge in [0.2, 0.25) is 0 Å². The highest BCUT2D eigenvalue weighted by Gasteiger charge is 2.29. The summed E-state index contributed by atoms with van der Waals surface area (Å²) in [7, 11) is 0. The molecule has 0 aliphatic carbocycles. The summed E-state index contributed by atoms with van der Waals surface area (Å²) in [4.78, 5) is 0. The number of rotatable bonds is 0. The Morgan fingerprint density at radius 2 is 0.818 bits per heavy atom. The van der Waals surface area contributed by atoms with Gasteiger partial charge in [-0.25, -0.2) is 0 Å². The summed E-state index contributed by atoms with van der Waals surface area (Å²) in [5.41, 5.74) is -0.569. The third-order valence-corrected chi connectivity index (χ3v) is 1.84. The molecule has 11 heavy (non-hydrogen) atoms. The molecule has 0 atom stereocenters. The number of hydrogen-bond donors (Lipinski definition) is 1. The SMILES string of the molecule is C.C.C.CC(C)(C)C(C)(C)O. The van der Waals surface area contributed by atoms with Crippen LogP contribution in [0, 0.1) is 5.41 Å². The van der Waals surface area contributed by atoms with Crippen molar-refractivity contribution in [3.63, 3.8) is 0 Å². The van der Waals surface area contributed by atoms with Crippen molar-refractivity contribution in [2.75, 3.05) is 0 Å². The van der Waals surface area contributed by atoms with Crippen molar-refractivity contribution < 1.29 is 5.11 Å². The van der Waals surface area contributed by atoms with Crippen LogP contribution in [0.2, 0.25) is 0 Å². The summed E-state index contributed by atoms with van der Waals surface area (Å²) < 4.78 is 0. The van der Waals surface area contributed by atoms with E-state index in [2.05, 4.69) is 0 Å². The van der Waals surface area contributed by atoms with Gasteiger partial charge in [0.25, 0.3) is 0 Å². The smallest absolute Gasteiger partial charge is 0.0639 e. The Kier molecular flexibility index (Phi) is 11.4. The molecule has 1 N–H and O–H groups in total. The molecule has 0 saturated heterocycles. The van der Waals surface area contributed by atoms with Crippen molar-refractivity contribution in [1.29, 1.82) is 0 Å². The predicted molar refractivity (Wildman–Crippen MR) is 55.9 cm³/mol. The van der Waals surface area contributed by atoms with Crippen LogP contribution in [0.1, 0.15) is 56.9 Å². The van der Waals surface area contributed by atoms with Crippen molar-refractivity contribution in [1.82, 2.24) is 0 Å². The molecular weight excluding hydrogens is 136 g/mol. The Hall–Kier alpha value is -0.0400. The molecule has 74 valence electrons. The molecule has 0 saturated carbocycles. The van der Waals surface area contributed by atoms with Crippen molar-refractivity contribution in [2.24, 2.45) is 5.41 Å². The summed E-state index contributed by atoms with van der Waals surface area (Å²) >= 11 is 0. The van der Waals surface area contributed by atoms with Gasteiger partial charge in [-0.05, 0) is 19.3 Å². The van der Waals surface area contributed by atoms with E-state index in [1.54, 1.807) is 0 Å². The van der Waals surface area contributed by atoms with Gasteiger partial charge in [0.05, 0.1) is 5.60 Å². The van der Waals surface area contributed by atoms with Gasteiger partial charge >= 0.3 is 0 Å². The van der Waals surface area contributed by atoms with Gasteiger partial charge in [-0.2, -0.15) is 0 Å². The molecule has 0 amide bonds. The van der Waals surface area contributed by atoms with Gasteiger partial charge in [-0.15, -0.1) is 0 Å². The minimum Gasteiger partial charge on any atom is -0.390 e. The normalized spacial score (nSPS) is 10.4. The first-order chi connectivity index (χ1) is 3.25. The van der Waals surface area contributed by atoms with Gasteiger partial charge in [0, 0.05) is 0 Å². The molecule has 1 heteroatoms. The molecule has 0 bridgehead atoms. The highest BCUT2D eigenvalue weighted by atomic mass is 16.3. The zero-order valence-electron chi connectivity index (χ0n) is 6.45. The van der Waals surface area contributed by atoms with E-state index in [4.69, 9.17) is 0 Å². The van der Waals surface area contributed by atoms with Crippen molar-refractivity contribution in [3.8, 4) is 0 Å². The van der Waals surface area contributed by atoms with Crippen LogP contribution < -0.4 is 0 Å². The average Bonchev–Trinajstić information content (AvgIpc) is 1.25. The standard InChI is InChI=1S/C7H16O.3CH4/c1-6(2,3)7(4,5)8;;;/h8H,1-5H3;3*1H4. The fourth-order valence-corrected chi connectivity index (χ4v) is 0. The third kappa shape index (κ3) is 7.86. The maximum absolute atomic E-state index is 9.35. The van der Waals surface area contributed by atoms with Crippen LogP contribution in [0.15, 0.2) is 0 Å². The zero-order valence-corrected chi connectivity index (χ0v) is 6.45. The Balaban J connectivity index is -0.0000000817. The van der Waals surface area contributed by atoms with Gasteiger partial charge in [-0.1, -0.05) is 43.1 Å². The second-order valence-electron chi connectivity index (χ2n) is 3.81. The van der Waals surface area contributed by atoms with Crippen LogP contribution in [0.5, 0.6) is 0 Å². The van der Waals surface area contributed by atoms with Crippen LogP contribution in [0.3, 0.4) is 0 Å². The van der Waals surface area contributed by atoms with E-state index in [1.165, 1.54) is 0 Å². The largest absolute Gasteiger partial charge is 0.390 e. The third-order valence-electron chi connectivity index (χ3n) is 1.84. The first kappa shape index (κ1) is 22.4. The Bertz CT molecular complexity index is 59.9. The number of aliphatic hydroxyl groups is 1. The molecular formula is C10H28O. The van der Waals surface area contributed by atoms with E-state index >= 15 is 0 Å². The topological polar surface area (TPSA) is 20.2 Å². The zero-order chi connectivity index (χ0) is 7.00. The van der Waals surface area contributed by atoms with Crippen molar-refractivity contribution in [3.05, 3.63) is 0 Å². The summed E-state index contributed by atoms with van der Waals surface area (Å²) in [5, 5.41) is 9.35. The maximum Gasteiger partial charge on any atom is 0.0639 e. The lowest BCUT2D eigenvalue weighted by Crippen LogP contribution is -2.35. The molecule has 0 rings (SSSR count). The fourth-order valence-electron chi connectivity index (χ4n) is 0. The predicted octanol–water partition coefficient (Wildman–Crippen LogP) is 3.71. The first-order valence-electron chi connectivity index (χ1n) is 2.97. The lowest BCUT2D eigenvalue weighted by Gasteiger charge is -2.33. The average molecular weight is 164 g/mol. The molecule has 0 fully saturated rings. The van der Waals surface area contributed by atoms with E-state index in [1.807, 2.05) is 34.6 Å². The molecule has 0 unspecified atom stereocenters.